The summed E-state index contributed by atoms with van der Waals surface area (Å²) in [6.07, 6.45) is 1.33. The van der Waals surface area contributed by atoms with Crippen molar-refractivity contribution in [1.82, 2.24) is 10.2 Å². The van der Waals surface area contributed by atoms with E-state index in [0.29, 0.717) is 18.5 Å². The number of carbonyl (C=O) groups excluding carboxylic acids is 2. The predicted octanol–water partition coefficient (Wildman–Crippen LogP) is 2.11. The minimum absolute atomic E-state index is 0.164. The van der Waals surface area contributed by atoms with Crippen LogP contribution >= 0.6 is 0 Å². The average Bonchev–Trinajstić information content (AvgIpc) is 3.18. The molecule has 128 valence electrons. The van der Waals surface area contributed by atoms with Crippen LogP contribution in [-0.2, 0) is 9.53 Å². The summed E-state index contributed by atoms with van der Waals surface area (Å²) in [7, 11) is 3.11. The number of carbonyl (C=O) groups is 2. The highest BCUT2D eigenvalue weighted by atomic mass is 16.5. The third-order valence-corrected chi connectivity index (χ3v) is 4.65. The van der Waals surface area contributed by atoms with Crippen LogP contribution in [0.1, 0.15) is 29.0 Å². The Balaban J connectivity index is 1.98. The average molecular weight is 330 g/mol. The van der Waals surface area contributed by atoms with E-state index in [2.05, 4.69) is 5.32 Å². The monoisotopic (exact) mass is 330 g/mol. The summed E-state index contributed by atoms with van der Waals surface area (Å²) >= 11 is 0. The molecule has 1 N–H and O–H groups in total. The number of likely N-dealkylation sites (tertiary alicyclic amines) is 1. The number of aryl methyl sites for hydroxylation is 1. The highest BCUT2D eigenvalue weighted by Crippen LogP contribution is 2.33. The van der Waals surface area contributed by atoms with E-state index >= 15 is 0 Å². The van der Waals surface area contributed by atoms with Crippen LogP contribution < -0.4 is 5.32 Å². The van der Waals surface area contributed by atoms with Crippen LogP contribution in [0.3, 0.4) is 0 Å². The maximum atomic E-state index is 13.0. The molecule has 0 saturated carbocycles. The SMILES string of the molecule is CNC(=O)C1(COC)CCCN1C(=O)c1cc2cc(C)ccc2o1. The van der Waals surface area contributed by atoms with Gasteiger partial charge in [-0.1, -0.05) is 11.6 Å². The van der Waals surface area contributed by atoms with Gasteiger partial charge in [0, 0.05) is 26.1 Å². The number of ether oxygens (including phenoxy) is 1. The highest BCUT2D eigenvalue weighted by Gasteiger charge is 2.50. The molecule has 6 heteroatoms. The zero-order valence-corrected chi connectivity index (χ0v) is 14.2. The summed E-state index contributed by atoms with van der Waals surface area (Å²) in [4.78, 5) is 27.1. The Kier molecular flexibility index (Phi) is 4.32. The summed E-state index contributed by atoms with van der Waals surface area (Å²) in [6, 6.07) is 7.51. The lowest BCUT2D eigenvalue weighted by molar-refractivity contribution is -0.133. The number of hydrogen-bond donors (Lipinski definition) is 1. The largest absolute Gasteiger partial charge is 0.451 e. The zero-order valence-electron chi connectivity index (χ0n) is 14.2. The van der Waals surface area contributed by atoms with Crippen molar-refractivity contribution >= 4 is 22.8 Å². The molecule has 1 unspecified atom stereocenters. The van der Waals surface area contributed by atoms with Gasteiger partial charge in [0.1, 0.15) is 11.1 Å². The lowest BCUT2D eigenvalue weighted by Gasteiger charge is -2.35. The maximum Gasteiger partial charge on any atom is 0.290 e. The molecule has 6 nitrogen and oxygen atoms in total. The van der Waals surface area contributed by atoms with Gasteiger partial charge in [0.2, 0.25) is 5.91 Å². The number of rotatable bonds is 4. The Labute approximate surface area is 140 Å². The number of furan rings is 1. The summed E-state index contributed by atoms with van der Waals surface area (Å²) in [5.41, 5.74) is 0.790. The fraction of sp³-hybridized carbons (Fsp3) is 0.444. The molecule has 0 radical (unpaired) electrons. The van der Waals surface area contributed by atoms with E-state index in [1.165, 1.54) is 7.11 Å². The number of amides is 2. The number of likely N-dealkylation sites (N-methyl/N-ethyl adjacent to an activating group) is 1. The Morgan fingerprint density at radius 2 is 2.17 bits per heavy atom. The van der Waals surface area contributed by atoms with Gasteiger partial charge < -0.3 is 19.4 Å². The molecule has 2 aromatic rings. The first-order valence-corrected chi connectivity index (χ1v) is 8.05. The molecule has 1 fully saturated rings. The van der Waals surface area contributed by atoms with Gasteiger partial charge in [-0.15, -0.1) is 0 Å². The van der Waals surface area contributed by atoms with Crippen molar-refractivity contribution in [2.24, 2.45) is 0 Å². The first kappa shape index (κ1) is 16.5. The molecule has 24 heavy (non-hydrogen) atoms. The van der Waals surface area contributed by atoms with E-state index in [9.17, 15) is 9.59 Å². The third-order valence-electron chi connectivity index (χ3n) is 4.65. The molecule has 1 aromatic heterocycles. The fourth-order valence-electron chi connectivity index (χ4n) is 3.50. The minimum Gasteiger partial charge on any atom is -0.451 e. The van der Waals surface area contributed by atoms with Crippen LogP contribution in [0.25, 0.3) is 11.0 Å². The molecular formula is C18H22N2O4. The van der Waals surface area contributed by atoms with Gasteiger partial charge in [-0.25, -0.2) is 0 Å². The number of nitrogens with one attached hydrogen (secondary N) is 1. The Bertz CT molecular complexity index is 782. The van der Waals surface area contributed by atoms with E-state index in [4.69, 9.17) is 9.15 Å². The molecule has 0 spiro atoms. The molecule has 1 aliphatic rings. The lowest BCUT2D eigenvalue weighted by Crippen LogP contribution is -2.59. The topological polar surface area (TPSA) is 71.8 Å². The second-order valence-corrected chi connectivity index (χ2v) is 6.26. The van der Waals surface area contributed by atoms with Crippen molar-refractivity contribution in [3.05, 3.63) is 35.6 Å². The third kappa shape index (κ3) is 2.57. The summed E-state index contributed by atoms with van der Waals surface area (Å²) in [5.74, 6) is -0.231. The van der Waals surface area contributed by atoms with Crippen LogP contribution in [0, 0.1) is 6.92 Å². The summed E-state index contributed by atoms with van der Waals surface area (Å²) in [6.45, 7) is 2.66. The van der Waals surface area contributed by atoms with Crippen molar-refractivity contribution in [2.45, 2.75) is 25.3 Å². The van der Waals surface area contributed by atoms with Crippen molar-refractivity contribution in [3.8, 4) is 0 Å². The fourth-order valence-corrected chi connectivity index (χ4v) is 3.50. The van der Waals surface area contributed by atoms with Crippen LogP contribution in [-0.4, -0.2) is 49.6 Å². The number of hydrogen-bond acceptors (Lipinski definition) is 4. The molecule has 1 aliphatic heterocycles. The summed E-state index contributed by atoms with van der Waals surface area (Å²) in [5, 5.41) is 3.54. The molecule has 1 saturated heterocycles. The van der Waals surface area contributed by atoms with E-state index in [1.807, 2.05) is 25.1 Å². The standard InChI is InChI=1S/C18H22N2O4/c1-12-5-6-14-13(9-12)10-15(24-14)16(21)20-8-4-7-18(20,11-23-3)17(22)19-2/h5-6,9-10H,4,7-8,11H2,1-3H3,(H,19,22). The molecule has 0 bridgehead atoms. The molecule has 2 amide bonds. The minimum atomic E-state index is -0.977. The van der Waals surface area contributed by atoms with Crippen molar-refractivity contribution in [1.29, 1.82) is 0 Å². The van der Waals surface area contributed by atoms with E-state index in [1.54, 1.807) is 18.0 Å². The van der Waals surface area contributed by atoms with Gasteiger partial charge in [-0.05, 0) is 38.0 Å². The summed E-state index contributed by atoms with van der Waals surface area (Å²) < 4.78 is 11.0. The van der Waals surface area contributed by atoms with Crippen LogP contribution in [0.4, 0.5) is 0 Å². The van der Waals surface area contributed by atoms with E-state index in [-0.39, 0.29) is 24.2 Å². The van der Waals surface area contributed by atoms with Gasteiger partial charge in [-0.3, -0.25) is 9.59 Å². The molecule has 3 rings (SSSR count). The van der Waals surface area contributed by atoms with Gasteiger partial charge in [-0.2, -0.15) is 0 Å². The highest BCUT2D eigenvalue weighted by molar-refractivity contribution is 6.00. The van der Waals surface area contributed by atoms with Gasteiger partial charge in [0.15, 0.2) is 5.76 Å². The van der Waals surface area contributed by atoms with Crippen LogP contribution in [0.15, 0.2) is 28.7 Å². The van der Waals surface area contributed by atoms with Gasteiger partial charge in [0.25, 0.3) is 5.91 Å². The molecule has 1 aromatic carbocycles. The zero-order chi connectivity index (χ0) is 17.3. The van der Waals surface area contributed by atoms with Crippen molar-refractivity contribution in [2.75, 3.05) is 27.3 Å². The number of benzene rings is 1. The first-order chi connectivity index (χ1) is 11.5. The number of fused-ring (bicyclic) bond motifs is 1. The maximum absolute atomic E-state index is 13.0. The second kappa shape index (κ2) is 6.28. The smallest absolute Gasteiger partial charge is 0.290 e. The van der Waals surface area contributed by atoms with Crippen LogP contribution in [0.5, 0.6) is 0 Å². The van der Waals surface area contributed by atoms with Gasteiger partial charge in [0.05, 0.1) is 6.61 Å². The molecule has 2 heterocycles. The molecule has 0 aliphatic carbocycles. The second-order valence-electron chi connectivity index (χ2n) is 6.26. The lowest BCUT2D eigenvalue weighted by atomic mass is 9.95. The van der Waals surface area contributed by atoms with Crippen molar-refractivity contribution in [3.63, 3.8) is 0 Å². The van der Waals surface area contributed by atoms with Gasteiger partial charge >= 0.3 is 0 Å². The Hall–Kier alpha value is -2.34. The first-order valence-electron chi connectivity index (χ1n) is 8.05. The predicted molar refractivity (Wildman–Crippen MR) is 89.9 cm³/mol. The number of nitrogens with zero attached hydrogens (tertiary/aromatic N) is 1. The normalized spacial score (nSPS) is 20.5. The van der Waals surface area contributed by atoms with Crippen LogP contribution in [0.2, 0.25) is 0 Å². The van der Waals surface area contributed by atoms with Crippen molar-refractivity contribution < 1.29 is 18.7 Å². The quantitative estimate of drug-likeness (QED) is 0.932. The van der Waals surface area contributed by atoms with E-state index < -0.39 is 5.54 Å². The molecular weight excluding hydrogens is 308 g/mol. The Morgan fingerprint density at radius 1 is 1.38 bits per heavy atom. The van der Waals surface area contributed by atoms with E-state index in [0.717, 1.165) is 17.4 Å². The number of methoxy groups -OCH3 is 1. The molecule has 1 atom stereocenters. The Morgan fingerprint density at radius 3 is 2.88 bits per heavy atom.